The third-order valence-electron chi connectivity index (χ3n) is 5.51. The molecule has 1 unspecified atom stereocenters. The van der Waals surface area contributed by atoms with E-state index in [1.54, 1.807) is 11.3 Å². The molecule has 6 heteroatoms. The SMILES string of the molecule is CCC1Oc2ccc(-c3csc(-c4ccccc4)n3)cc2N(Cc2ccc(Cl)cc2)C1=O. The minimum Gasteiger partial charge on any atom is -0.478 e. The Morgan fingerprint density at radius 3 is 2.56 bits per heavy atom. The smallest absolute Gasteiger partial charge is 0.268 e. The molecule has 2 heterocycles. The summed E-state index contributed by atoms with van der Waals surface area (Å²) in [6.45, 7) is 2.42. The fourth-order valence-corrected chi connectivity index (χ4v) is 4.76. The number of benzene rings is 3. The van der Waals surface area contributed by atoms with Crippen LogP contribution in [0.4, 0.5) is 5.69 Å². The van der Waals surface area contributed by atoms with Gasteiger partial charge in [-0.05, 0) is 42.3 Å². The first-order chi connectivity index (χ1) is 15.6. The molecular weight excluding hydrogens is 440 g/mol. The lowest BCUT2D eigenvalue weighted by Crippen LogP contribution is -2.45. The van der Waals surface area contributed by atoms with Crippen LogP contribution in [0.3, 0.4) is 0 Å². The number of ether oxygens (including phenoxy) is 1. The highest BCUT2D eigenvalue weighted by molar-refractivity contribution is 7.13. The monoisotopic (exact) mass is 460 g/mol. The van der Waals surface area contributed by atoms with Crippen molar-refractivity contribution in [2.75, 3.05) is 4.90 Å². The van der Waals surface area contributed by atoms with Gasteiger partial charge in [0.25, 0.3) is 5.91 Å². The Labute approximate surface area is 196 Å². The standard InChI is InChI=1S/C26H21ClN2O2S/c1-2-23-26(30)29(15-17-8-11-20(27)12-9-17)22-14-19(10-13-24(22)31-23)21-16-32-25(28-21)18-6-4-3-5-7-18/h3-14,16,23H,2,15H2,1H3. The molecule has 0 bridgehead atoms. The van der Waals surface area contributed by atoms with Gasteiger partial charge in [0.1, 0.15) is 10.8 Å². The summed E-state index contributed by atoms with van der Waals surface area (Å²) in [5, 5.41) is 3.69. The Bertz CT molecular complexity index is 1250. The maximum absolute atomic E-state index is 13.2. The molecule has 160 valence electrons. The van der Waals surface area contributed by atoms with E-state index in [2.05, 4.69) is 12.1 Å². The Hall–Kier alpha value is -3.15. The second-order valence-corrected chi connectivity index (χ2v) is 8.95. The molecule has 0 N–H and O–H groups in total. The van der Waals surface area contributed by atoms with Crippen molar-refractivity contribution in [3.8, 4) is 27.6 Å². The van der Waals surface area contributed by atoms with Gasteiger partial charge in [-0.15, -0.1) is 11.3 Å². The lowest BCUT2D eigenvalue weighted by Gasteiger charge is -2.34. The first-order valence-corrected chi connectivity index (χ1v) is 11.8. The van der Waals surface area contributed by atoms with Crippen LogP contribution in [0, 0.1) is 0 Å². The van der Waals surface area contributed by atoms with E-state index in [-0.39, 0.29) is 5.91 Å². The lowest BCUT2D eigenvalue weighted by atomic mass is 10.1. The van der Waals surface area contributed by atoms with Crippen LogP contribution < -0.4 is 9.64 Å². The zero-order chi connectivity index (χ0) is 22.1. The van der Waals surface area contributed by atoms with Gasteiger partial charge in [-0.1, -0.05) is 61.0 Å². The van der Waals surface area contributed by atoms with Crippen LogP contribution in [0.25, 0.3) is 21.8 Å². The molecule has 32 heavy (non-hydrogen) atoms. The van der Waals surface area contributed by atoms with Crippen LogP contribution in [0.15, 0.2) is 78.2 Å². The van der Waals surface area contributed by atoms with Crippen LogP contribution in [0.2, 0.25) is 5.02 Å². The van der Waals surface area contributed by atoms with Crippen LogP contribution in [0.1, 0.15) is 18.9 Å². The summed E-state index contributed by atoms with van der Waals surface area (Å²) in [6, 6.07) is 23.7. The molecule has 5 rings (SSSR count). The Morgan fingerprint density at radius 2 is 1.81 bits per heavy atom. The summed E-state index contributed by atoms with van der Waals surface area (Å²) < 4.78 is 6.02. The van der Waals surface area contributed by atoms with Crippen molar-refractivity contribution in [3.63, 3.8) is 0 Å². The average molecular weight is 461 g/mol. The highest BCUT2D eigenvalue weighted by atomic mass is 35.5. The van der Waals surface area contributed by atoms with E-state index in [0.29, 0.717) is 23.7 Å². The maximum Gasteiger partial charge on any atom is 0.268 e. The Balaban J connectivity index is 1.51. The van der Waals surface area contributed by atoms with Gasteiger partial charge < -0.3 is 9.64 Å². The molecule has 4 aromatic rings. The molecule has 3 aromatic carbocycles. The molecule has 0 aliphatic carbocycles. The van der Waals surface area contributed by atoms with E-state index in [1.807, 2.05) is 77.9 Å². The van der Waals surface area contributed by atoms with Crippen LogP contribution in [-0.2, 0) is 11.3 Å². The van der Waals surface area contributed by atoms with E-state index in [0.717, 1.165) is 33.1 Å². The Kier molecular flexibility index (Phi) is 5.68. The third kappa shape index (κ3) is 4.01. The molecule has 1 atom stereocenters. The topological polar surface area (TPSA) is 42.4 Å². The fraction of sp³-hybridized carbons (Fsp3) is 0.154. The number of hydrogen-bond acceptors (Lipinski definition) is 4. The molecule has 0 spiro atoms. The van der Waals surface area contributed by atoms with Crippen molar-refractivity contribution in [2.24, 2.45) is 0 Å². The van der Waals surface area contributed by atoms with Gasteiger partial charge in [-0.3, -0.25) is 4.79 Å². The van der Waals surface area contributed by atoms with Crippen molar-refractivity contribution in [3.05, 3.63) is 88.8 Å². The third-order valence-corrected chi connectivity index (χ3v) is 6.65. The number of fused-ring (bicyclic) bond motifs is 1. The highest BCUT2D eigenvalue weighted by Crippen LogP contribution is 2.39. The molecule has 1 aliphatic rings. The predicted octanol–water partition coefficient (Wildman–Crippen LogP) is 6.83. The number of amides is 1. The lowest BCUT2D eigenvalue weighted by molar-refractivity contribution is -0.126. The minimum atomic E-state index is -0.482. The van der Waals surface area contributed by atoms with Crippen molar-refractivity contribution >= 4 is 34.5 Å². The second kappa shape index (κ2) is 8.77. The van der Waals surface area contributed by atoms with Crippen LogP contribution in [-0.4, -0.2) is 17.0 Å². The number of halogens is 1. The number of hydrogen-bond donors (Lipinski definition) is 0. The van der Waals surface area contributed by atoms with Gasteiger partial charge in [0.2, 0.25) is 0 Å². The summed E-state index contributed by atoms with van der Waals surface area (Å²) in [5.41, 5.74) is 4.70. The van der Waals surface area contributed by atoms with Gasteiger partial charge >= 0.3 is 0 Å². The normalized spacial score (nSPS) is 15.4. The summed E-state index contributed by atoms with van der Waals surface area (Å²) in [4.78, 5) is 19.8. The second-order valence-electron chi connectivity index (χ2n) is 7.65. The van der Waals surface area contributed by atoms with Gasteiger partial charge in [0.15, 0.2) is 6.10 Å². The number of carbonyl (C=O) groups excluding carboxylic acids is 1. The number of nitrogens with zero attached hydrogens (tertiary/aromatic N) is 2. The molecule has 1 amide bonds. The van der Waals surface area contributed by atoms with Crippen LogP contribution in [0.5, 0.6) is 5.75 Å². The molecule has 0 saturated carbocycles. The molecule has 1 aliphatic heterocycles. The summed E-state index contributed by atoms with van der Waals surface area (Å²) in [6.07, 6.45) is 0.133. The summed E-state index contributed by atoms with van der Waals surface area (Å²) in [7, 11) is 0. The molecule has 4 nitrogen and oxygen atoms in total. The van der Waals surface area contributed by atoms with E-state index in [4.69, 9.17) is 21.3 Å². The quantitative estimate of drug-likeness (QED) is 0.327. The number of anilines is 1. The number of aromatic nitrogens is 1. The number of thiazole rings is 1. The summed E-state index contributed by atoms with van der Waals surface area (Å²) >= 11 is 7.65. The van der Waals surface area contributed by atoms with E-state index in [9.17, 15) is 4.79 Å². The first-order valence-electron chi connectivity index (χ1n) is 10.5. The largest absolute Gasteiger partial charge is 0.478 e. The van der Waals surface area contributed by atoms with Gasteiger partial charge in [-0.25, -0.2) is 4.98 Å². The fourth-order valence-electron chi connectivity index (χ4n) is 3.80. The van der Waals surface area contributed by atoms with Gasteiger partial charge in [-0.2, -0.15) is 0 Å². The van der Waals surface area contributed by atoms with Crippen LogP contribution >= 0.6 is 22.9 Å². The molecule has 1 aromatic heterocycles. The van der Waals surface area contributed by atoms with Gasteiger partial charge in [0, 0.05) is 21.5 Å². The number of rotatable bonds is 5. The van der Waals surface area contributed by atoms with E-state index < -0.39 is 6.10 Å². The van der Waals surface area contributed by atoms with Gasteiger partial charge in [0.05, 0.1) is 17.9 Å². The molecule has 0 radical (unpaired) electrons. The van der Waals surface area contributed by atoms with Crippen molar-refractivity contribution in [1.29, 1.82) is 0 Å². The average Bonchev–Trinajstić information content (AvgIpc) is 3.33. The zero-order valence-corrected chi connectivity index (χ0v) is 19.1. The zero-order valence-electron chi connectivity index (χ0n) is 17.5. The summed E-state index contributed by atoms with van der Waals surface area (Å²) in [5.74, 6) is 0.683. The highest BCUT2D eigenvalue weighted by Gasteiger charge is 2.33. The molecular formula is C26H21ClN2O2S. The minimum absolute atomic E-state index is 0.0321. The van der Waals surface area contributed by atoms with Crippen molar-refractivity contribution in [2.45, 2.75) is 26.0 Å². The van der Waals surface area contributed by atoms with E-state index in [1.165, 1.54) is 0 Å². The number of carbonyl (C=O) groups is 1. The molecule has 0 fully saturated rings. The predicted molar refractivity (Wildman–Crippen MR) is 130 cm³/mol. The van der Waals surface area contributed by atoms with Crippen molar-refractivity contribution < 1.29 is 9.53 Å². The first kappa shape index (κ1) is 20.7. The van der Waals surface area contributed by atoms with Crippen molar-refractivity contribution in [1.82, 2.24) is 4.98 Å². The Morgan fingerprint density at radius 1 is 1.03 bits per heavy atom. The maximum atomic E-state index is 13.2. The van der Waals surface area contributed by atoms with E-state index >= 15 is 0 Å². The molecule has 0 saturated heterocycles.